The van der Waals surface area contributed by atoms with E-state index in [1.54, 1.807) is 7.11 Å². The maximum atomic E-state index is 11.2. The minimum atomic E-state index is -0.141. The highest BCUT2D eigenvalue weighted by atomic mass is 16.5. The smallest absolute Gasteiger partial charge is 0.305 e. The second kappa shape index (κ2) is 30.0. The summed E-state index contributed by atoms with van der Waals surface area (Å²) < 4.78 is 26.5. The lowest BCUT2D eigenvalue weighted by Crippen LogP contribution is -2.24. The summed E-state index contributed by atoms with van der Waals surface area (Å²) in [6.45, 7) is 3.92. The zero-order valence-corrected chi connectivity index (χ0v) is 45.8. The predicted octanol–water partition coefficient (Wildman–Crippen LogP) is 12.5. The first-order valence-electron chi connectivity index (χ1n) is 28.4. The van der Waals surface area contributed by atoms with Crippen molar-refractivity contribution in [2.75, 3.05) is 79.1 Å². The van der Waals surface area contributed by atoms with Gasteiger partial charge in [-0.2, -0.15) is 19.9 Å². The zero-order chi connectivity index (χ0) is 53.4. The summed E-state index contributed by atoms with van der Waals surface area (Å²) >= 11 is 0. The topological polar surface area (TPSA) is 195 Å². The molecule has 5 aromatic rings. The van der Waals surface area contributed by atoms with Gasteiger partial charge in [-0.05, 0) is 130 Å². The minimum Gasteiger partial charge on any atom is -0.497 e. The van der Waals surface area contributed by atoms with Crippen LogP contribution in [0.25, 0.3) is 0 Å². The van der Waals surface area contributed by atoms with Gasteiger partial charge in [0.15, 0.2) is 0 Å². The molecule has 4 aliphatic rings. The van der Waals surface area contributed by atoms with Crippen LogP contribution in [0.15, 0.2) is 72.8 Å². The van der Waals surface area contributed by atoms with Gasteiger partial charge in [0.2, 0.25) is 11.9 Å². The van der Waals surface area contributed by atoms with Gasteiger partial charge in [-0.15, -0.1) is 0 Å². The average Bonchev–Trinajstić information content (AvgIpc) is 4.13. The van der Waals surface area contributed by atoms with Crippen molar-refractivity contribution in [3.63, 3.8) is 0 Å². The average molecular weight is 1060 g/mol. The monoisotopic (exact) mass is 1050 g/mol. The van der Waals surface area contributed by atoms with E-state index in [9.17, 15) is 9.59 Å². The van der Waals surface area contributed by atoms with Crippen molar-refractivity contribution in [1.82, 2.24) is 19.9 Å². The molecule has 17 nitrogen and oxygen atoms in total. The normalized spacial score (nSPS) is 15.0. The molecule has 2 aliphatic carbocycles. The Hall–Kier alpha value is -7.04. The first-order valence-corrected chi connectivity index (χ1v) is 28.4. The molecule has 0 radical (unpaired) electrons. The predicted molar refractivity (Wildman–Crippen MR) is 306 cm³/mol. The summed E-state index contributed by atoms with van der Waals surface area (Å²) in [7, 11) is 4.55. The number of hydrogen-bond donors (Lipinski definition) is 5. The van der Waals surface area contributed by atoms with E-state index in [0.717, 1.165) is 136 Å². The van der Waals surface area contributed by atoms with Crippen LogP contribution in [-0.4, -0.2) is 91.6 Å². The molecule has 3 aromatic carbocycles. The van der Waals surface area contributed by atoms with Crippen molar-refractivity contribution in [3.05, 3.63) is 89.5 Å². The third-order valence-electron chi connectivity index (χ3n) is 14.8. The van der Waals surface area contributed by atoms with Gasteiger partial charge in [0.25, 0.3) is 0 Å². The number of methoxy groups -OCH3 is 3. The van der Waals surface area contributed by atoms with Crippen molar-refractivity contribution in [1.29, 1.82) is 0 Å². The fraction of sp³-hybridized carbons (Fsp3) is 0.533. The molecule has 0 atom stereocenters. The Morgan fingerprint density at radius 1 is 0.558 bits per heavy atom. The summed E-state index contributed by atoms with van der Waals surface area (Å²) in [6, 6.07) is 25.1. The molecule has 2 fully saturated rings. The largest absolute Gasteiger partial charge is 0.497 e. The molecule has 0 bridgehead atoms. The molecule has 4 heterocycles. The first-order chi connectivity index (χ1) is 37.8. The quantitative estimate of drug-likeness (QED) is 0.0246. The zero-order valence-electron chi connectivity index (χ0n) is 45.8. The summed E-state index contributed by atoms with van der Waals surface area (Å²) in [5, 5.41) is 17.7. The van der Waals surface area contributed by atoms with Crippen molar-refractivity contribution in [2.45, 2.75) is 160 Å². The van der Waals surface area contributed by atoms with E-state index in [1.807, 2.05) is 60.7 Å². The number of anilines is 8. The van der Waals surface area contributed by atoms with E-state index >= 15 is 0 Å². The number of nitrogens with one attached hydrogen (secondary N) is 5. The molecule has 77 heavy (non-hydrogen) atoms. The van der Waals surface area contributed by atoms with Gasteiger partial charge in [-0.25, -0.2) is 0 Å². The lowest BCUT2D eigenvalue weighted by atomic mass is 9.95. The minimum absolute atomic E-state index is 0.136. The lowest BCUT2D eigenvalue weighted by molar-refractivity contribution is -0.141. The standard InChI is InChI=1S/C34H45N5O4.C26H37N5O3/c1-41-28-17-13-25(14-18-28)24-39-22-21-30-32(35-26-10-6-5-7-11-26)37-34(38-33(30)39)36-27-15-19-29(20-16-27)43-23-9-4-3-8-12-31(40)42-2;1-33-23(32)11-7-2-3-8-18-34-21-14-12-20(13-15-21)29-26-30-24-22(16-17-27-24)25(31-26)28-19-9-5-4-6-10-19/h13-20,26H,3-12,21-24H2,1-2H3,(H2,35,36,37,38);12-15,19H,2-11,16-18H2,1H3,(H3,27,28,29,30,31). The highest BCUT2D eigenvalue weighted by Crippen LogP contribution is 2.36. The van der Waals surface area contributed by atoms with E-state index < -0.39 is 0 Å². The molecule has 17 heteroatoms. The maximum absolute atomic E-state index is 11.2. The van der Waals surface area contributed by atoms with Crippen LogP contribution >= 0.6 is 0 Å². The number of hydrogen-bond acceptors (Lipinski definition) is 17. The Morgan fingerprint density at radius 2 is 1.05 bits per heavy atom. The Morgan fingerprint density at radius 3 is 1.57 bits per heavy atom. The maximum Gasteiger partial charge on any atom is 0.305 e. The van der Waals surface area contributed by atoms with Gasteiger partial charge in [0.1, 0.15) is 40.5 Å². The van der Waals surface area contributed by atoms with Crippen LogP contribution in [-0.2, 0) is 38.4 Å². The van der Waals surface area contributed by atoms with Gasteiger partial charge in [0, 0.05) is 67.1 Å². The number of rotatable bonds is 27. The molecule has 0 spiro atoms. The summed E-state index contributed by atoms with van der Waals surface area (Å²) in [5.74, 6) is 7.32. The molecule has 0 amide bonds. The molecular formula is C60H82N10O7. The Kier molecular flexibility index (Phi) is 21.9. The molecule has 5 N–H and O–H groups in total. The molecule has 9 rings (SSSR count). The van der Waals surface area contributed by atoms with Crippen LogP contribution in [0.5, 0.6) is 17.2 Å². The van der Waals surface area contributed by atoms with Crippen LogP contribution in [0, 0.1) is 0 Å². The van der Waals surface area contributed by atoms with Crippen LogP contribution in [0.3, 0.4) is 0 Å². The number of nitrogens with zero attached hydrogens (tertiary/aromatic N) is 5. The molecule has 0 saturated heterocycles. The van der Waals surface area contributed by atoms with E-state index in [4.69, 9.17) is 34.1 Å². The van der Waals surface area contributed by atoms with Crippen molar-refractivity contribution < 1.29 is 33.3 Å². The Bertz CT molecular complexity index is 2590. The summed E-state index contributed by atoms with van der Waals surface area (Å²) in [4.78, 5) is 44.2. The highest BCUT2D eigenvalue weighted by molar-refractivity contribution is 5.70. The second-order valence-corrected chi connectivity index (χ2v) is 20.6. The molecule has 2 saturated carbocycles. The highest BCUT2D eigenvalue weighted by Gasteiger charge is 2.28. The van der Waals surface area contributed by atoms with Crippen LogP contribution in [0.2, 0.25) is 0 Å². The van der Waals surface area contributed by atoms with E-state index in [1.165, 1.54) is 95.1 Å². The Labute approximate surface area is 455 Å². The molecular weight excluding hydrogens is 973 g/mol. The van der Waals surface area contributed by atoms with Gasteiger partial charge in [-0.3, -0.25) is 9.59 Å². The Balaban J connectivity index is 0.000000209. The van der Waals surface area contributed by atoms with Gasteiger partial charge in [0.05, 0.1) is 34.5 Å². The fourth-order valence-corrected chi connectivity index (χ4v) is 10.4. The van der Waals surface area contributed by atoms with Gasteiger partial charge in [-0.1, -0.05) is 76.3 Å². The van der Waals surface area contributed by atoms with Crippen molar-refractivity contribution >= 4 is 58.5 Å². The van der Waals surface area contributed by atoms with E-state index in [0.29, 0.717) is 50.0 Å². The molecule has 414 valence electrons. The molecule has 0 unspecified atom stereocenters. The first kappa shape index (κ1) is 56.2. The van der Waals surface area contributed by atoms with Crippen LogP contribution in [0.1, 0.15) is 145 Å². The number of aromatic nitrogens is 4. The number of ether oxygens (including phenoxy) is 5. The van der Waals surface area contributed by atoms with Gasteiger partial charge < -0.3 is 55.2 Å². The van der Waals surface area contributed by atoms with Crippen LogP contribution in [0.4, 0.5) is 46.5 Å². The third kappa shape index (κ3) is 17.8. The number of benzene rings is 3. The van der Waals surface area contributed by atoms with E-state index in [-0.39, 0.29) is 11.9 Å². The summed E-state index contributed by atoms with van der Waals surface area (Å²) in [6.07, 6.45) is 23.1. The van der Waals surface area contributed by atoms with Crippen molar-refractivity contribution in [2.24, 2.45) is 0 Å². The third-order valence-corrected chi connectivity index (χ3v) is 14.8. The number of unbranched alkanes of at least 4 members (excludes halogenated alkanes) is 6. The number of carbonyl (C=O) groups is 2. The number of fused-ring (bicyclic) bond motifs is 2. The lowest BCUT2D eigenvalue weighted by Gasteiger charge is -2.25. The SMILES string of the molecule is COC(=O)CCCCCCOc1ccc(Nc2nc(NC3CCCCC3)c3c(n2)N(Cc2ccc(OC)cc2)CC3)cc1.COC(=O)CCCCCCOc1ccc(Nc2nc3c(c(NC4CCCCC4)n2)CCN3)cc1. The van der Waals surface area contributed by atoms with Gasteiger partial charge >= 0.3 is 11.9 Å². The van der Waals surface area contributed by atoms with E-state index in [2.05, 4.69) is 53.1 Å². The van der Waals surface area contributed by atoms with Crippen LogP contribution < -0.4 is 45.7 Å². The number of esters is 2. The number of carbonyl (C=O) groups excluding carboxylic acids is 2. The second-order valence-electron chi connectivity index (χ2n) is 20.6. The van der Waals surface area contributed by atoms with Crippen molar-refractivity contribution in [3.8, 4) is 17.2 Å². The molecule has 2 aromatic heterocycles. The fourth-order valence-electron chi connectivity index (χ4n) is 10.4. The summed E-state index contributed by atoms with van der Waals surface area (Å²) in [5.41, 5.74) is 5.47. The molecule has 2 aliphatic heterocycles.